The molecule has 0 aliphatic heterocycles. The molecule has 1 amide bonds. The molecule has 1 aromatic rings. The Bertz CT molecular complexity index is 259. The van der Waals surface area contributed by atoms with Crippen molar-refractivity contribution in [1.82, 2.24) is 5.32 Å². The maximum absolute atomic E-state index is 10.5. The van der Waals surface area contributed by atoms with E-state index < -0.39 is 0 Å². The van der Waals surface area contributed by atoms with Gasteiger partial charge in [0.15, 0.2) is 0 Å². The fourth-order valence-corrected chi connectivity index (χ4v) is 0.896. The molecule has 0 unspecified atom stereocenters. The number of amides is 1. The van der Waals surface area contributed by atoms with Gasteiger partial charge in [0.25, 0.3) is 0 Å². The molecule has 0 radical (unpaired) electrons. The number of ether oxygens (including phenoxy) is 1. The molecule has 0 spiro atoms. The largest absolute Gasteiger partial charge is 0.357 e. The van der Waals surface area contributed by atoms with E-state index in [1.165, 1.54) is 6.92 Å². The normalized spacial score (nSPS) is 9.62. The zero-order valence-corrected chi connectivity index (χ0v) is 7.62. The molecule has 1 N–H and O–H groups in total. The van der Waals surface area contributed by atoms with Gasteiger partial charge in [-0.2, -0.15) is 0 Å². The van der Waals surface area contributed by atoms with Crippen LogP contribution in [0.5, 0.6) is 0 Å². The summed E-state index contributed by atoms with van der Waals surface area (Å²) < 4.78 is 5.20. The van der Waals surface area contributed by atoms with Crippen molar-refractivity contribution in [3.05, 3.63) is 35.9 Å². The van der Waals surface area contributed by atoms with E-state index in [4.69, 9.17) is 4.74 Å². The Kier molecular flexibility index (Phi) is 3.99. The standard InChI is InChI=1S/C10H13NO2/c1-9(12)11-8-13-7-10-5-3-2-4-6-10/h2-6H,7-8H2,1H3,(H,11,12). The molecule has 0 atom stereocenters. The molecule has 0 saturated heterocycles. The van der Waals surface area contributed by atoms with Crippen molar-refractivity contribution in [3.8, 4) is 0 Å². The zero-order valence-electron chi connectivity index (χ0n) is 7.62. The third-order valence-corrected chi connectivity index (χ3v) is 1.53. The molecule has 3 nitrogen and oxygen atoms in total. The highest BCUT2D eigenvalue weighted by Crippen LogP contribution is 1.99. The van der Waals surface area contributed by atoms with Gasteiger partial charge in [0, 0.05) is 6.92 Å². The molecule has 3 heteroatoms. The molecule has 1 rings (SSSR count). The zero-order chi connectivity index (χ0) is 9.52. The van der Waals surface area contributed by atoms with E-state index in [9.17, 15) is 4.79 Å². The van der Waals surface area contributed by atoms with Gasteiger partial charge >= 0.3 is 0 Å². The molecule has 70 valence electrons. The highest BCUT2D eigenvalue weighted by Gasteiger charge is 1.91. The lowest BCUT2D eigenvalue weighted by atomic mass is 10.2. The molecule has 0 heterocycles. The molecule has 13 heavy (non-hydrogen) atoms. The Morgan fingerprint density at radius 3 is 2.69 bits per heavy atom. The van der Waals surface area contributed by atoms with Crippen LogP contribution in [0.25, 0.3) is 0 Å². The van der Waals surface area contributed by atoms with Crippen LogP contribution in [0.15, 0.2) is 30.3 Å². The summed E-state index contributed by atoms with van der Waals surface area (Å²) in [6, 6.07) is 9.83. The Labute approximate surface area is 77.7 Å². The second-order valence-corrected chi connectivity index (χ2v) is 2.71. The van der Waals surface area contributed by atoms with Crippen LogP contribution in [-0.2, 0) is 16.1 Å². The van der Waals surface area contributed by atoms with E-state index in [0.717, 1.165) is 5.56 Å². The van der Waals surface area contributed by atoms with Gasteiger partial charge in [-0.1, -0.05) is 30.3 Å². The van der Waals surface area contributed by atoms with Gasteiger partial charge in [-0.25, -0.2) is 0 Å². The molecule has 0 saturated carbocycles. The smallest absolute Gasteiger partial charge is 0.218 e. The summed E-state index contributed by atoms with van der Waals surface area (Å²) in [6.07, 6.45) is 0. The van der Waals surface area contributed by atoms with Crippen LogP contribution < -0.4 is 5.32 Å². The van der Waals surface area contributed by atoms with E-state index in [2.05, 4.69) is 5.32 Å². The van der Waals surface area contributed by atoms with Crippen molar-refractivity contribution in [2.75, 3.05) is 6.73 Å². The van der Waals surface area contributed by atoms with Gasteiger partial charge in [-0.3, -0.25) is 4.79 Å². The number of benzene rings is 1. The first-order chi connectivity index (χ1) is 6.29. The number of hydrogen-bond donors (Lipinski definition) is 1. The third kappa shape index (κ3) is 4.28. The van der Waals surface area contributed by atoms with Crippen molar-refractivity contribution >= 4 is 5.91 Å². The summed E-state index contributed by atoms with van der Waals surface area (Å²) in [5.74, 6) is -0.0759. The van der Waals surface area contributed by atoms with E-state index in [0.29, 0.717) is 6.61 Å². The summed E-state index contributed by atoms with van der Waals surface area (Å²) in [5.41, 5.74) is 1.10. The second-order valence-electron chi connectivity index (χ2n) is 2.71. The predicted octanol–water partition coefficient (Wildman–Crippen LogP) is 1.30. The maximum atomic E-state index is 10.5. The SMILES string of the molecule is CC(=O)NCOCc1ccccc1. The molecule has 0 aliphatic carbocycles. The van der Waals surface area contributed by atoms with Crippen LogP contribution >= 0.6 is 0 Å². The first-order valence-electron chi connectivity index (χ1n) is 4.15. The number of nitrogens with one attached hydrogen (secondary N) is 1. The second kappa shape index (κ2) is 5.32. The summed E-state index contributed by atoms with van der Waals surface area (Å²) in [7, 11) is 0. The summed E-state index contributed by atoms with van der Waals surface area (Å²) in [5, 5.41) is 2.55. The third-order valence-electron chi connectivity index (χ3n) is 1.53. The average Bonchev–Trinajstić information content (AvgIpc) is 2.14. The molecule has 0 fully saturated rings. The molecular formula is C10H13NO2. The molecular weight excluding hydrogens is 166 g/mol. The highest BCUT2D eigenvalue weighted by atomic mass is 16.5. The molecule has 0 bridgehead atoms. The lowest BCUT2D eigenvalue weighted by molar-refractivity contribution is -0.120. The number of carbonyl (C=O) groups excluding carboxylic acids is 1. The number of hydrogen-bond acceptors (Lipinski definition) is 2. The van der Waals surface area contributed by atoms with Gasteiger partial charge in [0.2, 0.25) is 5.91 Å². The van der Waals surface area contributed by atoms with Gasteiger partial charge in [-0.05, 0) is 5.56 Å². The highest BCUT2D eigenvalue weighted by molar-refractivity contribution is 5.72. The van der Waals surface area contributed by atoms with Crippen molar-refractivity contribution in [3.63, 3.8) is 0 Å². The summed E-state index contributed by atoms with van der Waals surface area (Å²) in [4.78, 5) is 10.5. The first-order valence-corrected chi connectivity index (χ1v) is 4.15. The Morgan fingerprint density at radius 1 is 1.38 bits per heavy atom. The van der Waals surface area contributed by atoms with Crippen LogP contribution in [0.4, 0.5) is 0 Å². The Balaban J connectivity index is 2.17. The number of carbonyl (C=O) groups is 1. The first kappa shape index (κ1) is 9.74. The van der Waals surface area contributed by atoms with E-state index >= 15 is 0 Å². The van der Waals surface area contributed by atoms with Gasteiger partial charge in [0.1, 0.15) is 6.73 Å². The lowest BCUT2D eigenvalue weighted by Crippen LogP contribution is -2.22. The van der Waals surface area contributed by atoms with Crippen molar-refractivity contribution < 1.29 is 9.53 Å². The van der Waals surface area contributed by atoms with Crippen molar-refractivity contribution in [1.29, 1.82) is 0 Å². The summed E-state index contributed by atoms with van der Waals surface area (Å²) >= 11 is 0. The molecule has 1 aromatic carbocycles. The van der Waals surface area contributed by atoms with E-state index in [1.807, 2.05) is 30.3 Å². The minimum absolute atomic E-state index is 0.0759. The molecule has 0 aliphatic rings. The topological polar surface area (TPSA) is 38.3 Å². The number of rotatable bonds is 4. The average molecular weight is 179 g/mol. The Hall–Kier alpha value is -1.35. The van der Waals surface area contributed by atoms with Crippen molar-refractivity contribution in [2.45, 2.75) is 13.5 Å². The van der Waals surface area contributed by atoms with Gasteiger partial charge in [-0.15, -0.1) is 0 Å². The van der Waals surface area contributed by atoms with Crippen LogP contribution in [0, 0.1) is 0 Å². The Morgan fingerprint density at radius 2 is 2.08 bits per heavy atom. The summed E-state index contributed by atoms with van der Waals surface area (Å²) in [6.45, 7) is 2.26. The quantitative estimate of drug-likeness (QED) is 0.558. The predicted molar refractivity (Wildman–Crippen MR) is 49.9 cm³/mol. The fourth-order valence-electron chi connectivity index (χ4n) is 0.896. The molecule has 0 aromatic heterocycles. The van der Waals surface area contributed by atoms with E-state index in [-0.39, 0.29) is 12.6 Å². The van der Waals surface area contributed by atoms with Crippen LogP contribution in [0.1, 0.15) is 12.5 Å². The lowest BCUT2D eigenvalue weighted by Gasteiger charge is -2.03. The van der Waals surface area contributed by atoms with Crippen LogP contribution in [-0.4, -0.2) is 12.6 Å². The monoisotopic (exact) mass is 179 g/mol. The maximum Gasteiger partial charge on any atom is 0.218 e. The minimum atomic E-state index is -0.0759. The minimum Gasteiger partial charge on any atom is -0.357 e. The van der Waals surface area contributed by atoms with Crippen molar-refractivity contribution in [2.24, 2.45) is 0 Å². The van der Waals surface area contributed by atoms with Gasteiger partial charge < -0.3 is 10.1 Å². The van der Waals surface area contributed by atoms with E-state index in [1.54, 1.807) is 0 Å². The van der Waals surface area contributed by atoms with Crippen LogP contribution in [0.2, 0.25) is 0 Å². The fraction of sp³-hybridized carbons (Fsp3) is 0.300. The van der Waals surface area contributed by atoms with Crippen LogP contribution in [0.3, 0.4) is 0 Å². The van der Waals surface area contributed by atoms with Gasteiger partial charge in [0.05, 0.1) is 6.61 Å².